The normalized spacial score (nSPS) is 18.1. The number of carbonyl (C=O) groups is 1. The smallest absolute Gasteiger partial charge is 0.326 e. The summed E-state index contributed by atoms with van der Waals surface area (Å²) in [5.41, 5.74) is 2.28. The number of fused-ring (bicyclic) bond motifs is 1. The van der Waals surface area contributed by atoms with Crippen LogP contribution in [0.2, 0.25) is 0 Å². The molecule has 0 bridgehead atoms. The third kappa shape index (κ3) is 2.63. The SMILES string of the molecule is Cc1noc(C)c1C(=O)NCCN1c2ccccc2N(C2CC2)S1(=O)=O. The van der Waals surface area contributed by atoms with Crippen LogP contribution in [0.5, 0.6) is 0 Å². The fourth-order valence-electron chi connectivity index (χ4n) is 3.31. The van der Waals surface area contributed by atoms with Gasteiger partial charge in [0.25, 0.3) is 5.91 Å². The monoisotopic (exact) mass is 376 g/mol. The summed E-state index contributed by atoms with van der Waals surface area (Å²) in [6.45, 7) is 3.72. The Bertz CT molecular complexity index is 945. The van der Waals surface area contributed by atoms with Crippen LogP contribution in [0, 0.1) is 13.8 Å². The average Bonchev–Trinajstić information content (AvgIpc) is 3.32. The summed E-state index contributed by atoms with van der Waals surface area (Å²) in [6, 6.07) is 7.33. The number of amides is 1. The van der Waals surface area contributed by atoms with Crippen LogP contribution < -0.4 is 13.9 Å². The Morgan fingerprint density at radius 2 is 1.96 bits per heavy atom. The van der Waals surface area contributed by atoms with E-state index in [0.29, 0.717) is 28.4 Å². The Labute approximate surface area is 151 Å². The Hall–Kier alpha value is -2.55. The van der Waals surface area contributed by atoms with Gasteiger partial charge in [0.05, 0.1) is 23.6 Å². The number of aryl methyl sites for hydroxylation is 2. The van der Waals surface area contributed by atoms with Gasteiger partial charge in [0.2, 0.25) is 0 Å². The molecule has 1 aromatic carbocycles. The van der Waals surface area contributed by atoms with Crippen molar-refractivity contribution in [2.24, 2.45) is 0 Å². The van der Waals surface area contributed by atoms with Crippen molar-refractivity contribution in [3.05, 3.63) is 41.3 Å². The minimum absolute atomic E-state index is 0.0445. The number of hydrogen-bond donors (Lipinski definition) is 1. The summed E-state index contributed by atoms with van der Waals surface area (Å²) in [7, 11) is -3.61. The molecule has 0 unspecified atom stereocenters. The molecule has 1 aromatic heterocycles. The van der Waals surface area contributed by atoms with Crippen molar-refractivity contribution in [2.75, 3.05) is 21.7 Å². The van der Waals surface area contributed by atoms with Crippen LogP contribution in [-0.2, 0) is 10.2 Å². The zero-order chi connectivity index (χ0) is 18.5. The van der Waals surface area contributed by atoms with Gasteiger partial charge in [-0.15, -0.1) is 0 Å². The summed E-state index contributed by atoms with van der Waals surface area (Å²) in [4.78, 5) is 12.3. The van der Waals surface area contributed by atoms with Gasteiger partial charge < -0.3 is 9.84 Å². The van der Waals surface area contributed by atoms with Gasteiger partial charge in [-0.2, -0.15) is 8.42 Å². The molecule has 8 nitrogen and oxygen atoms in total. The first kappa shape index (κ1) is 16.9. The number of aromatic nitrogens is 1. The molecule has 2 aliphatic rings. The Kier molecular flexibility index (Phi) is 3.91. The van der Waals surface area contributed by atoms with Crippen LogP contribution in [0.3, 0.4) is 0 Å². The van der Waals surface area contributed by atoms with Crippen molar-refractivity contribution in [1.29, 1.82) is 0 Å². The third-order valence-electron chi connectivity index (χ3n) is 4.65. The van der Waals surface area contributed by atoms with Crippen molar-refractivity contribution < 1.29 is 17.7 Å². The summed E-state index contributed by atoms with van der Waals surface area (Å²) in [5, 5.41) is 6.52. The van der Waals surface area contributed by atoms with E-state index in [-0.39, 0.29) is 25.0 Å². The van der Waals surface area contributed by atoms with E-state index in [9.17, 15) is 13.2 Å². The summed E-state index contributed by atoms with van der Waals surface area (Å²) >= 11 is 0. The maximum atomic E-state index is 13.0. The number of para-hydroxylation sites is 2. The van der Waals surface area contributed by atoms with Crippen LogP contribution >= 0.6 is 0 Å². The molecular weight excluding hydrogens is 356 g/mol. The van der Waals surface area contributed by atoms with E-state index < -0.39 is 10.2 Å². The van der Waals surface area contributed by atoms with Crippen molar-refractivity contribution in [3.63, 3.8) is 0 Å². The van der Waals surface area contributed by atoms with Gasteiger partial charge >= 0.3 is 10.2 Å². The molecule has 138 valence electrons. The van der Waals surface area contributed by atoms with E-state index in [1.54, 1.807) is 19.9 Å². The number of benzene rings is 1. The van der Waals surface area contributed by atoms with Gasteiger partial charge in [0.1, 0.15) is 11.3 Å². The average molecular weight is 376 g/mol. The number of hydrogen-bond acceptors (Lipinski definition) is 5. The highest BCUT2D eigenvalue weighted by molar-refractivity contribution is 7.94. The molecule has 1 aliphatic heterocycles. The molecule has 0 saturated heterocycles. The second-order valence-electron chi connectivity index (χ2n) is 6.55. The second-order valence-corrected chi connectivity index (χ2v) is 8.28. The predicted octanol–water partition coefficient (Wildman–Crippen LogP) is 1.76. The largest absolute Gasteiger partial charge is 0.361 e. The molecule has 9 heteroatoms. The number of nitrogens with zero attached hydrogens (tertiary/aromatic N) is 3. The van der Waals surface area contributed by atoms with Gasteiger partial charge in [0, 0.05) is 12.6 Å². The van der Waals surface area contributed by atoms with E-state index in [1.165, 1.54) is 8.61 Å². The van der Waals surface area contributed by atoms with Gasteiger partial charge in [-0.25, -0.2) is 8.61 Å². The maximum absolute atomic E-state index is 13.0. The molecule has 2 heterocycles. The fraction of sp³-hybridized carbons (Fsp3) is 0.412. The Morgan fingerprint density at radius 3 is 2.58 bits per heavy atom. The minimum atomic E-state index is -3.61. The molecule has 4 rings (SSSR count). The molecule has 0 radical (unpaired) electrons. The van der Waals surface area contributed by atoms with E-state index in [0.717, 1.165) is 12.8 Å². The van der Waals surface area contributed by atoms with E-state index in [4.69, 9.17) is 4.52 Å². The minimum Gasteiger partial charge on any atom is -0.361 e. The Balaban J connectivity index is 1.50. The molecule has 2 aromatic rings. The van der Waals surface area contributed by atoms with Crippen LogP contribution in [0.25, 0.3) is 0 Å². The van der Waals surface area contributed by atoms with Gasteiger partial charge in [-0.3, -0.25) is 4.79 Å². The number of nitrogens with one attached hydrogen (secondary N) is 1. The van der Waals surface area contributed by atoms with Crippen molar-refractivity contribution in [1.82, 2.24) is 10.5 Å². The predicted molar refractivity (Wildman–Crippen MR) is 96.5 cm³/mol. The molecule has 0 atom stereocenters. The molecule has 1 amide bonds. The zero-order valence-corrected chi connectivity index (χ0v) is 15.4. The number of anilines is 2. The lowest BCUT2D eigenvalue weighted by Crippen LogP contribution is -2.42. The van der Waals surface area contributed by atoms with Crippen LogP contribution in [0.1, 0.15) is 34.7 Å². The zero-order valence-electron chi connectivity index (χ0n) is 14.6. The highest BCUT2D eigenvalue weighted by Crippen LogP contribution is 2.46. The highest BCUT2D eigenvalue weighted by atomic mass is 32.2. The first-order valence-electron chi connectivity index (χ1n) is 8.53. The van der Waals surface area contributed by atoms with Crippen LogP contribution in [0.15, 0.2) is 28.8 Å². The highest BCUT2D eigenvalue weighted by Gasteiger charge is 2.47. The second kappa shape index (κ2) is 6.01. The fourth-order valence-corrected chi connectivity index (χ4v) is 5.24. The van der Waals surface area contributed by atoms with Crippen LogP contribution in [0.4, 0.5) is 11.4 Å². The molecule has 26 heavy (non-hydrogen) atoms. The van der Waals surface area contributed by atoms with Gasteiger partial charge in [0.15, 0.2) is 0 Å². The molecule has 1 aliphatic carbocycles. The molecule has 1 N–H and O–H groups in total. The van der Waals surface area contributed by atoms with Gasteiger partial charge in [-0.05, 0) is 38.8 Å². The summed E-state index contributed by atoms with van der Waals surface area (Å²) in [5.74, 6) is 0.129. The first-order valence-corrected chi connectivity index (χ1v) is 9.93. The Morgan fingerprint density at radius 1 is 1.27 bits per heavy atom. The van der Waals surface area contributed by atoms with E-state index >= 15 is 0 Å². The molecule has 1 saturated carbocycles. The lowest BCUT2D eigenvalue weighted by atomic mass is 10.2. The van der Waals surface area contributed by atoms with E-state index in [1.807, 2.05) is 18.2 Å². The topological polar surface area (TPSA) is 95.8 Å². The number of carbonyl (C=O) groups excluding carboxylic acids is 1. The lowest BCUT2D eigenvalue weighted by molar-refractivity contribution is 0.0953. The molecule has 1 fully saturated rings. The quantitative estimate of drug-likeness (QED) is 0.858. The standard InChI is InChI=1S/C17H20N4O4S/c1-11-16(12(2)25-19-11)17(22)18-9-10-20-14-5-3-4-6-15(14)21(13-7-8-13)26(20,23)24/h3-6,13H,7-10H2,1-2H3,(H,18,22). The molecule has 0 spiro atoms. The molecular formula is C17H20N4O4S. The first-order chi connectivity index (χ1) is 12.4. The van der Waals surface area contributed by atoms with Crippen molar-refractivity contribution in [2.45, 2.75) is 32.7 Å². The van der Waals surface area contributed by atoms with Crippen molar-refractivity contribution >= 4 is 27.5 Å². The van der Waals surface area contributed by atoms with E-state index in [2.05, 4.69) is 10.5 Å². The van der Waals surface area contributed by atoms with Gasteiger partial charge in [-0.1, -0.05) is 17.3 Å². The third-order valence-corrected chi connectivity index (χ3v) is 6.58. The summed E-state index contributed by atoms with van der Waals surface area (Å²) in [6.07, 6.45) is 1.76. The maximum Gasteiger partial charge on any atom is 0.326 e. The lowest BCUT2D eigenvalue weighted by Gasteiger charge is -2.21. The van der Waals surface area contributed by atoms with Crippen LogP contribution in [-0.4, -0.2) is 38.6 Å². The van der Waals surface area contributed by atoms with Crippen molar-refractivity contribution in [3.8, 4) is 0 Å². The number of rotatable bonds is 5. The summed E-state index contributed by atoms with van der Waals surface area (Å²) < 4.78 is 33.8.